The summed E-state index contributed by atoms with van der Waals surface area (Å²) in [5.74, 6) is 0.953. The Balaban J connectivity index is 1.78. The van der Waals surface area contributed by atoms with Gasteiger partial charge in [-0.15, -0.1) is 11.3 Å². The highest BCUT2D eigenvalue weighted by atomic mass is 32.1. The predicted octanol–water partition coefficient (Wildman–Crippen LogP) is 3.88. The number of thiazole rings is 1. The number of nitrogens with one attached hydrogen (secondary N) is 1. The van der Waals surface area contributed by atoms with Crippen LogP contribution in [0.5, 0.6) is 5.75 Å². The molecule has 1 heterocycles. The Morgan fingerprint density at radius 2 is 1.95 bits per heavy atom. The van der Waals surface area contributed by atoms with E-state index in [0.717, 1.165) is 36.7 Å². The first-order chi connectivity index (χ1) is 10.2. The second-order valence-electron chi connectivity index (χ2n) is 5.32. The number of benzene rings is 1. The van der Waals surface area contributed by atoms with E-state index < -0.39 is 0 Å². The molecule has 3 nitrogen and oxygen atoms in total. The average Bonchev–Trinajstić information content (AvgIpc) is 2.86. The van der Waals surface area contributed by atoms with Crippen molar-refractivity contribution in [3.63, 3.8) is 0 Å². The van der Waals surface area contributed by atoms with E-state index in [-0.39, 0.29) is 0 Å². The summed E-state index contributed by atoms with van der Waals surface area (Å²) in [6.07, 6.45) is 4.00. The second-order valence-corrected chi connectivity index (χ2v) is 6.52. The predicted molar refractivity (Wildman–Crippen MR) is 89.2 cm³/mol. The maximum Gasteiger partial charge on any atom is 0.119 e. The molecule has 0 aliphatic carbocycles. The lowest BCUT2D eigenvalue weighted by Gasteiger charge is -2.07. The van der Waals surface area contributed by atoms with Crippen molar-refractivity contribution in [3.05, 3.63) is 45.4 Å². The van der Waals surface area contributed by atoms with Crippen molar-refractivity contribution in [2.75, 3.05) is 13.2 Å². The summed E-state index contributed by atoms with van der Waals surface area (Å²) in [7, 11) is 0. The maximum absolute atomic E-state index is 5.83. The average molecular weight is 304 g/mol. The van der Waals surface area contributed by atoms with Gasteiger partial charge in [0, 0.05) is 24.0 Å². The zero-order valence-corrected chi connectivity index (χ0v) is 13.9. The van der Waals surface area contributed by atoms with Gasteiger partial charge >= 0.3 is 0 Å². The van der Waals surface area contributed by atoms with Crippen molar-refractivity contribution in [3.8, 4) is 5.75 Å². The molecule has 0 bridgehead atoms. The Labute approximate surface area is 131 Å². The first-order valence-corrected chi connectivity index (χ1v) is 8.34. The third-order valence-corrected chi connectivity index (χ3v) is 4.16. The highest BCUT2D eigenvalue weighted by Gasteiger charge is 2.03. The zero-order chi connectivity index (χ0) is 15.1. The van der Waals surface area contributed by atoms with E-state index in [4.69, 9.17) is 4.74 Å². The summed E-state index contributed by atoms with van der Waals surface area (Å²) in [6.45, 7) is 9.02. The summed E-state index contributed by atoms with van der Waals surface area (Å²) in [5, 5.41) is 4.54. The van der Waals surface area contributed by atoms with Crippen molar-refractivity contribution in [1.29, 1.82) is 0 Å². The number of nitrogens with zero attached hydrogens (tertiary/aromatic N) is 1. The van der Waals surface area contributed by atoms with Crippen LogP contribution in [0.3, 0.4) is 0 Å². The lowest BCUT2D eigenvalue weighted by atomic mass is 10.1. The van der Waals surface area contributed by atoms with Crippen LogP contribution in [-0.4, -0.2) is 18.1 Å². The van der Waals surface area contributed by atoms with Gasteiger partial charge in [-0.1, -0.05) is 13.0 Å². The van der Waals surface area contributed by atoms with Gasteiger partial charge in [0.05, 0.1) is 11.6 Å². The topological polar surface area (TPSA) is 34.2 Å². The van der Waals surface area contributed by atoms with Crippen LogP contribution >= 0.6 is 11.3 Å². The van der Waals surface area contributed by atoms with E-state index in [1.165, 1.54) is 16.0 Å². The number of rotatable bonds is 8. The second kappa shape index (κ2) is 8.15. The molecular weight excluding hydrogens is 280 g/mol. The van der Waals surface area contributed by atoms with Crippen LogP contribution in [0.2, 0.25) is 0 Å². The van der Waals surface area contributed by atoms with Gasteiger partial charge in [-0.05, 0) is 50.1 Å². The molecular formula is C17H24N2OS. The molecule has 0 atom stereocenters. The monoisotopic (exact) mass is 304 g/mol. The minimum atomic E-state index is 0.679. The summed E-state index contributed by atoms with van der Waals surface area (Å²) in [4.78, 5) is 5.76. The molecule has 114 valence electrons. The van der Waals surface area contributed by atoms with Gasteiger partial charge in [0.25, 0.3) is 0 Å². The Bertz CT molecular complexity index is 545. The van der Waals surface area contributed by atoms with Gasteiger partial charge in [-0.2, -0.15) is 0 Å². The largest absolute Gasteiger partial charge is 0.493 e. The Morgan fingerprint density at radius 3 is 2.67 bits per heavy atom. The summed E-state index contributed by atoms with van der Waals surface area (Å²) < 4.78 is 5.83. The quantitative estimate of drug-likeness (QED) is 0.752. The van der Waals surface area contributed by atoms with Crippen molar-refractivity contribution < 1.29 is 4.74 Å². The fourth-order valence-corrected chi connectivity index (χ4v) is 3.08. The van der Waals surface area contributed by atoms with Crippen LogP contribution in [-0.2, 0) is 13.0 Å². The molecule has 4 heteroatoms. The molecule has 0 unspecified atom stereocenters. The minimum absolute atomic E-state index is 0.679. The van der Waals surface area contributed by atoms with Crippen LogP contribution in [0.1, 0.15) is 34.4 Å². The first kappa shape index (κ1) is 16.0. The fourth-order valence-electron chi connectivity index (χ4n) is 2.21. The molecule has 2 rings (SSSR count). The van der Waals surface area contributed by atoms with E-state index in [2.05, 4.69) is 49.3 Å². The molecule has 1 aromatic heterocycles. The normalized spacial score (nSPS) is 10.8. The number of hydrogen-bond acceptors (Lipinski definition) is 4. The molecule has 0 amide bonds. The fraction of sp³-hybridized carbons (Fsp3) is 0.471. The van der Waals surface area contributed by atoms with Crippen LogP contribution < -0.4 is 10.1 Å². The SMILES string of the molecule is CCCNCc1cnc(CCOc2cc(C)cc(C)c2)s1. The lowest BCUT2D eigenvalue weighted by Crippen LogP contribution is -2.12. The van der Waals surface area contributed by atoms with Gasteiger partial charge in [-0.3, -0.25) is 0 Å². The first-order valence-electron chi connectivity index (χ1n) is 7.52. The Morgan fingerprint density at radius 1 is 1.19 bits per heavy atom. The molecule has 21 heavy (non-hydrogen) atoms. The van der Waals surface area contributed by atoms with E-state index >= 15 is 0 Å². The molecule has 0 saturated heterocycles. The molecule has 0 aliphatic rings. The lowest BCUT2D eigenvalue weighted by molar-refractivity contribution is 0.321. The number of aromatic nitrogens is 1. The molecule has 2 aromatic rings. The highest BCUT2D eigenvalue weighted by Crippen LogP contribution is 2.17. The summed E-state index contributed by atoms with van der Waals surface area (Å²) in [6, 6.07) is 6.31. The smallest absolute Gasteiger partial charge is 0.119 e. The minimum Gasteiger partial charge on any atom is -0.493 e. The molecule has 1 aromatic carbocycles. The van der Waals surface area contributed by atoms with E-state index in [1.54, 1.807) is 11.3 Å². The van der Waals surface area contributed by atoms with Crippen molar-refractivity contribution in [1.82, 2.24) is 10.3 Å². The Kier molecular flexibility index (Phi) is 6.21. The van der Waals surface area contributed by atoms with E-state index in [0.29, 0.717) is 6.61 Å². The molecule has 0 saturated carbocycles. The van der Waals surface area contributed by atoms with Crippen LogP contribution in [0.4, 0.5) is 0 Å². The molecule has 0 aliphatic heterocycles. The summed E-state index contributed by atoms with van der Waals surface area (Å²) >= 11 is 1.77. The van der Waals surface area contributed by atoms with Gasteiger partial charge < -0.3 is 10.1 Å². The third kappa shape index (κ3) is 5.48. The van der Waals surface area contributed by atoms with Crippen LogP contribution in [0.15, 0.2) is 24.4 Å². The van der Waals surface area contributed by atoms with E-state index in [9.17, 15) is 0 Å². The van der Waals surface area contributed by atoms with Gasteiger partial charge in [0.15, 0.2) is 0 Å². The van der Waals surface area contributed by atoms with Gasteiger partial charge in [0.1, 0.15) is 5.75 Å². The Hall–Kier alpha value is -1.39. The summed E-state index contributed by atoms with van der Waals surface area (Å²) in [5.41, 5.74) is 2.48. The molecule has 0 radical (unpaired) electrons. The number of ether oxygens (including phenoxy) is 1. The van der Waals surface area contributed by atoms with Crippen molar-refractivity contribution in [2.45, 2.75) is 40.2 Å². The standard InChI is InChI=1S/C17H24N2OS/c1-4-6-18-11-16-12-19-17(21-16)5-7-20-15-9-13(2)8-14(3)10-15/h8-10,12,18H,4-7,11H2,1-3H3. The number of hydrogen-bond donors (Lipinski definition) is 1. The molecule has 1 N–H and O–H groups in total. The highest BCUT2D eigenvalue weighted by molar-refractivity contribution is 7.11. The molecule has 0 spiro atoms. The van der Waals surface area contributed by atoms with Gasteiger partial charge in [-0.25, -0.2) is 4.98 Å². The third-order valence-electron chi connectivity index (χ3n) is 3.11. The maximum atomic E-state index is 5.83. The molecule has 0 fully saturated rings. The van der Waals surface area contributed by atoms with Gasteiger partial charge in [0.2, 0.25) is 0 Å². The van der Waals surface area contributed by atoms with Crippen LogP contribution in [0, 0.1) is 13.8 Å². The zero-order valence-electron chi connectivity index (χ0n) is 13.1. The van der Waals surface area contributed by atoms with E-state index in [1.807, 2.05) is 6.20 Å². The van der Waals surface area contributed by atoms with Crippen LogP contribution in [0.25, 0.3) is 0 Å². The number of aryl methyl sites for hydroxylation is 2. The van der Waals surface area contributed by atoms with Crippen molar-refractivity contribution >= 4 is 11.3 Å². The van der Waals surface area contributed by atoms with Crippen molar-refractivity contribution in [2.24, 2.45) is 0 Å².